The first-order chi connectivity index (χ1) is 7.15. The number of aliphatic hydroxyl groups is 1. The molecule has 0 amide bonds. The summed E-state index contributed by atoms with van der Waals surface area (Å²) < 4.78 is 5.85. The largest absolute Gasteiger partial charge is 0.396 e. The molecule has 0 unspecified atom stereocenters. The highest BCUT2D eigenvalue weighted by Crippen LogP contribution is 2.34. The third-order valence-corrected chi connectivity index (χ3v) is 3.32. The lowest BCUT2D eigenvalue weighted by Crippen LogP contribution is -2.32. The van der Waals surface area contributed by atoms with E-state index in [0.29, 0.717) is 18.6 Å². The molecular formula is C13H24O2. The Hall–Kier alpha value is -0.340. The van der Waals surface area contributed by atoms with Crippen molar-refractivity contribution in [2.75, 3.05) is 13.2 Å². The van der Waals surface area contributed by atoms with Gasteiger partial charge in [0, 0.05) is 19.1 Å². The SMILES string of the molecule is C=C(C)[C@H]1CC[C@@H](C)C[C@H]1OCCCO. The fourth-order valence-electron chi connectivity index (χ4n) is 2.38. The summed E-state index contributed by atoms with van der Waals surface area (Å²) >= 11 is 0. The lowest BCUT2D eigenvalue weighted by atomic mass is 9.78. The first-order valence-corrected chi connectivity index (χ1v) is 6.03. The van der Waals surface area contributed by atoms with Crippen LogP contribution in [-0.2, 0) is 4.74 Å². The molecule has 0 heterocycles. The maximum atomic E-state index is 8.73. The molecule has 15 heavy (non-hydrogen) atoms. The van der Waals surface area contributed by atoms with Crippen LogP contribution in [0.1, 0.15) is 39.5 Å². The molecule has 1 N–H and O–H groups in total. The Balaban J connectivity index is 2.43. The van der Waals surface area contributed by atoms with Gasteiger partial charge in [-0.25, -0.2) is 0 Å². The van der Waals surface area contributed by atoms with E-state index < -0.39 is 0 Å². The van der Waals surface area contributed by atoms with Crippen molar-refractivity contribution in [2.24, 2.45) is 11.8 Å². The van der Waals surface area contributed by atoms with Crippen LogP contribution in [0.3, 0.4) is 0 Å². The van der Waals surface area contributed by atoms with Crippen LogP contribution in [0, 0.1) is 11.8 Å². The van der Waals surface area contributed by atoms with Gasteiger partial charge in [-0.2, -0.15) is 0 Å². The van der Waals surface area contributed by atoms with Crippen LogP contribution in [-0.4, -0.2) is 24.4 Å². The summed E-state index contributed by atoms with van der Waals surface area (Å²) in [7, 11) is 0. The highest BCUT2D eigenvalue weighted by Gasteiger charge is 2.29. The van der Waals surface area contributed by atoms with Gasteiger partial charge in [0.1, 0.15) is 0 Å². The van der Waals surface area contributed by atoms with Crippen LogP contribution in [0.15, 0.2) is 12.2 Å². The molecule has 0 bridgehead atoms. The van der Waals surface area contributed by atoms with E-state index in [1.807, 2.05) is 0 Å². The van der Waals surface area contributed by atoms with Gasteiger partial charge in [0.15, 0.2) is 0 Å². The summed E-state index contributed by atoms with van der Waals surface area (Å²) in [5, 5.41) is 8.73. The summed E-state index contributed by atoms with van der Waals surface area (Å²) in [6.07, 6.45) is 4.71. The van der Waals surface area contributed by atoms with E-state index in [1.165, 1.54) is 18.4 Å². The molecule has 1 aliphatic carbocycles. The molecule has 1 rings (SSSR count). The molecule has 0 radical (unpaired) electrons. The normalized spacial score (nSPS) is 31.5. The third kappa shape index (κ3) is 3.96. The highest BCUT2D eigenvalue weighted by molar-refractivity contribution is 5.02. The van der Waals surface area contributed by atoms with Crippen molar-refractivity contribution in [3.63, 3.8) is 0 Å². The maximum Gasteiger partial charge on any atom is 0.0642 e. The molecule has 0 aromatic heterocycles. The van der Waals surface area contributed by atoms with Gasteiger partial charge in [0.25, 0.3) is 0 Å². The van der Waals surface area contributed by atoms with Crippen LogP contribution in [0.2, 0.25) is 0 Å². The number of aliphatic hydroxyl groups excluding tert-OH is 1. The van der Waals surface area contributed by atoms with Crippen molar-refractivity contribution < 1.29 is 9.84 Å². The van der Waals surface area contributed by atoms with Crippen LogP contribution in [0.25, 0.3) is 0 Å². The van der Waals surface area contributed by atoms with Gasteiger partial charge in [-0.1, -0.05) is 19.1 Å². The predicted molar refractivity (Wildman–Crippen MR) is 62.8 cm³/mol. The molecular weight excluding hydrogens is 188 g/mol. The van der Waals surface area contributed by atoms with E-state index in [2.05, 4.69) is 20.4 Å². The van der Waals surface area contributed by atoms with E-state index in [1.54, 1.807) is 0 Å². The van der Waals surface area contributed by atoms with Crippen molar-refractivity contribution in [3.8, 4) is 0 Å². The van der Waals surface area contributed by atoms with Crippen LogP contribution in [0.5, 0.6) is 0 Å². The quantitative estimate of drug-likeness (QED) is 0.561. The minimum atomic E-state index is 0.222. The van der Waals surface area contributed by atoms with Crippen molar-refractivity contribution >= 4 is 0 Å². The lowest BCUT2D eigenvalue weighted by molar-refractivity contribution is -0.0170. The summed E-state index contributed by atoms with van der Waals surface area (Å²) in [5.41, 5.74) is 1.25. The average Bonchev–Trinajstić information content (AvgIpc) is 2.18. The topological polar surface area (TPSA) is 29.5 Å². The zero-order chi connectivity index (χ0) is 11.3. The molecule has 2 nitrogen and oxygen atoms in total. The van der Waals surface area contributed by atoms with Crippen molar-refractivity contribution in [1.82, 2.24) is 0 Å². The van der Waals surface area contributed by atoms with Gasteiger partial charge < -0.3 is 9.84 Å². The molecule has 3 atom stereocenters. The molecule has 1 saturated carbocycles. The maximum absolute atomic E-state index is 8.73. The Bertz CT molecular complexity index is 201. The molecule has 0 spiro atoms. The minimum absolute atomic E-state index is 0.222. The van der Waals surface area contributed by atoms with E-state index >= 15 is 0 Å². The van der Waals surface area contributed by atoms with E-state index in [0.717, 1.165) is 18.8 Å². The Labute approximate surface area is 93.3 Å². The monoisotopic (exact) mass is 212 g/mol. The fourth-order valence-corrected chi connectivity index (χ4v) is 2.38. The number of hydrogen-bond donors (Lipinski definition) is 1. The predicted octanol–water partition coefficient (Wildman–Crippen LogP) is 2.77. The minimum Gasteiger partial charge on any atom is -0.396 e. The smallest absolute Gasteiger partial charge is 0.0642 e. The van der Waals surface area contributed by atoms with Crippen molar-refractivity contribution in [2.45, 2.75) is 45.6 Å². The third-order valence-electron chi connectivity index (χ3n) is 3.32. The second-order valence-electron chi connectivity index (χ2n) is 4.86. The van der Waals surface area contributed by atoms with Gasteiger partial charge in [-0.15, -0.1) is 0 Å². The Morgan fingerprint density at radius 3 is 2.80 bits per heavy atom. The van der Waals surface area contributed by atoms with Crippen molar-refractivity contribution in [3.05, 3.63) is 12.2 Å². The fraction of sp³-hybridized carbons (Fsp3) is 0.846. The Kier molecular flexibility index (Phi) is 5.34. The van der Waals surface area contributed by atoms with Crippen LogP contribution < -0.4 is 0 Å². The number of rotatable bonds is 5. The molecule has 0 aromatic rings. The zero-order valence-electron chi connectivity index (χ0n) is 10.0. The Morgan fingerprint density at radius 2 is 2.20 bits per heavy atom. The summed E-state index contributed by atoms with van der Waals surface area (Å²) in [6, 6.07) is 0. The molecule has 0 aliphatic heterocycles. The van der Waals surface area contributed by atoms with Gasteiger partial charge in [0.05, 0.1) is 6.10 Å². The van der Waals surface area contributed by atoms with Gasteiger partial charge in [-0.05, 0) is 38.5 Å². The molecule has 1 fully saturated rings. The number of ether oxygens (including phenoxy) is 1. The highest BCUT2D eigenvalue weighted by atomic mass is 16.5. The molecule has 88 valence electrons. The zero-order valence-corrected chi connectivity index (χ0v) is 10.0. The van der Waals surface area contributed by atoms with Crippen molar-refractivity contribution in [1.29, 1.82) is 0 Å². The molecule has 0 saturated heterocycles. The molecule has 2 heteroatoms. The summed E-state index contributed by atoms with van der Waals surface area (Å²) in [6.45, 7) is 9.34. The van der Waals surface area contributed by atoms with Gasteiger partial charge in [0.2, 0.25) is 0 Å². The average molecular weight is 212 g/mol. The Morgan fingerprint density at radius 1 is 1.47 bits per heavy atom. The van der Waals surface area contributed by atoms with Gasteiger partial charge >= 0.3 is 0 Å². The van der Waals surface area contributed by atoms with Crippen LogP contribution in [0.4, 0.5) is 0 Å². The first kappa shape index (κ1) is 12.7. The summed E-state index contributed by atoms with van der Waals surface area (Å²) in [4.78, 5) is 0. The first-order valence-electron chi connectivity index (χ1n) is 6.03. The van der Waals surface area contributed by atoms with Crippen LogP contribution >= 0.6 is 0 Å². The second kappa shape index (κ2) is 6.29. The lowest BCUT2D eigenvalue weighted by Gasteiger charge is -2.35. The molecule has 1 aliphatic rings. The van der Waals surface area contributed by atoms with E-state index in [9.17, 15) is 0 Å². The number of hydrogen-bond acceptors (Lipinski definition) is 2. The summed E-state index contributed by atoms with van der Waals surface area (Å²) in [5.74, 6) is 1.29. The molecule has 0 aromatic carbocycles. The standard InChI is InChI=1S/C13H24O2/c1-10(2)12-6-5-11(3)9-13(12)15-8-4-7-14/h11-14H,1,4-9H2,2-3H3/t11-,12-,13-/m1/s1. The van der Waals surface area contributed by atoms with Gasteiger partial charge in [-0.3, -0.25) is 0 Å². The van der Waals surface area contributed by atoms with E-state index in [-0.39, 0.29) is 6.61 Å². The van der Waals surface area contributed by atoms with E-state index in [4.69, 9.17) is 9.84 Å². The second-order valence-corrected chi connectivity index (χ2v) is 4.86.